The van der Waals surface area contributed by atoms with E-state index in [9.17, 15) is 15.8 Å². The van der Waals surface area contributed by atoms with E-state index in [4.69, 9.17) is 28.2 Å². The van der Waals surface area contributed by atoms with Gasteiger partial charge in [-0.05, 0) is 246 Å². The molecule has 9 heterocycles. The topological polar surface area (TPSA) is 164 Å². The molecule has 0 atom stereocenters. The van der Waals surface area contributed by atoms with Crippen LogP contribution < -0.4 is 0 Å². The van der Waals surface area contributed by atoms with Crippen molar-refractivity contribution in [3.05, 3.63) is 472 Å². The second kappa shape index (κ2) is 33.8. The van der Waals surface area contributed by atoms with Crippen LogP contribution in [0.4, 0.5) is 0 Å². The number of para-hydroxylation sites is 9. The Morgan fingerprint density at radius 1 is 0.174 bits per heavy atom. The van der Waals surface area contributed by atoms with Crippen LogP contribution in [-0.4, -0.2) is 28.7 Å². The average Bonchev–Trinajstić information content (AvgIpc) is 1.59. The number of benzene rings is 18. The first-order valence-electron chi connectivity index (χ1n) is 45.8. The molecule has 0 N–H and O–H groups in total. The fraction of sp³-hybridized carbons (Fsp3) is 0. The van der Waals surface area contributed by atoms with Crippen molar-refractivity contribution < 1.29 is 13.3 Å². The van der Waals surface area contributed by atoms with Crippen LogP contribution in [-0.2, 0) is 0 Å². The van der Waals surface area contributed by atoms with Crippen LogP contribution in [0, 0.1) is 34.0 Å². The van der Waals surface area contributed by atoms with Gasteiger partial charge in [-0.2, -0.15) is 15.8 Å². The molecule has 12 heteroatoms. The molecule has 12 nitrogen and oxygen atoms in total. The zero-order valence-electron chi connectivity index (χ0n) is 74.1. The van der Waals surface area contributed by atoms with Gasteiger partial charge in [0.05, 0.1) is 102 Å². The van der Waals surface area contributed by atoms with Crippen molar-refractivity contribution in [3.8, 4) is 136 Å². The van der Waals surface area contributed by atoms with Crippen LogP contribution in [0.15, 0.2) is 468 Å². The molecule has 0 amide bonds. The third-order valence-electron chi connectivity index (χ3n) is 26.5. The fourth-order valence-electron chi connectivity index (χ4n) is 20.0. The average molecular weight is 1760 g/mol. The highest BCUT2D eigenvalue weighted by Crippen LogP contribution is 2.45. The molecule has 138 heavy (non-hydrogen) atoms. The van der Waals surface area contributed by atoms with Crippen molar-refractivity contribution in [1.82, 2.24) is 28.7 Å². The molecule has 0 saturated carbocycles. The number of fused-ring (bicyclic) bond motifs is 18. The van der Waals surface area contributed by atoms with E-state index in [0.717, 1.165) is 217 Å². The van der Waals surface area contributed by atoms with Crippen LogP contribution >= 0.6 is 0 Å². The highest BCUT2D eigenvalue weighted by atomic mass is 16.3. The standard InChI is InChI=1S/3C42H25N3O/c43-26-27-9-7-10-29(21-27)37-14-8-15-38(44-37)31-22-30(28-19-20-42-36(25-28)35-13-3-6-18-41(35)46-42)23-32(24-31)45-39-16-4-1-11-33(39)34-12-2-5-17-40(34)45;43-26-27-16-18-28(19-17-27)37-11-7-12-38(44-37)31-22-30(29-20-21-42-36(25-29)35-10-3-6-15-41(35)46-42)23-32(24-31)45-39-13-4-1-8-33(39)34-9-2-5-14-40(34)45;43-26-28-10-1-2-11-32(28)38-16-9-15-37(44-38)30-22-29(27-20-21-42-36(25-27)35-14-5-8-19-41(35)46-42)23-31(24-30)45-39-17-6-3-12-33(39)34-13-4-7-18-40(34)45/h3*1-25H. The molecule has 0 unspecified atom stereocenters. The summed E-state index contributed by atoms with van der Waals surface area (Å²) in [6.45, 7) is 0. The van der Waals surface area contributed by atoms with Crippen molar-refractivity contribution in [2.24, 2.45) is 0 Å². The quantitative estimate of drug-likeness (QED) is 0.116. The predicted molar refractivity (Wildman–Crippen MR) is 561 cm³/mol. The monoisotopic (exact) mass is 1760 g/mol. The van der Waals surface area contributed by atoms with Crippen LogP contribution in [0.1, 0.15) is 16.7 Å². The zero-order chi connectivity index (χ0) is 91.8. The van der Waals surface area contributed by atoms with Gasteiger partial charge in [0.1, 0.15) is 33.5 Å². The first-order chi connectivity index (χ1) is 68.2. The summed E-state index contributed by atoms with van der Waals surface area (Å²) in [4.78, 5) is 15.4. The van der Waals surface area contributed by atoms with E-state index >= 15 is 0 Å². The Morgan fingerprint density at radius 2 is 0.457 bits per heavy atom. The smallest absolute Gasteiger partial charge is 0.135 e. The maximum atomic E-state index is 9.78. The molecular weight excluding hydrogens is 1690 g/mol. The summed E-state index contributed by atoms with van der Waals surface area (Å²) in [7, 11) is 0. The summed E-state index contributed by atoms with van der Waals surface area (Å²) >= 11 is 0. The minimum atomic E-state index is 0.604. The van der Waals surface area contributed by atoms with Gasteiger partial charge in [-0.3, -0.25) is 0 Å². The maximum absolute atomic E-state index is 9.78. The molecule has 642 valence electrons. The van der Waals surface area contributed by atoms with E-state index in [1.54, 1.807) is 0 Å². The molecule has 0 aliphatic carbocycles. The van der Waals surface area contributed by atoms with E-state index in [1.165, 1.54) is 32.3 Å². The summed E-state index contributed by atoms with van der Waals surface area (Å²) in [5.74, 6) is 0. The number of pyridine rings is 3. The van der Waals surface area contributed by atoms with Gasteiger partial charge < -0.3 is 27.0 Å². The van der Waals surface area contributed by atoms with Crippen molar-refractivity contribution in [2.75, 3.05) is 0 Å². The molecule has 0 saturated heterocycles. The van der Waals surface area contributed by atoms with E-state index in [1.807, 2.05) is 158 Å². The molecule has 27 aromatic rings. The summed E-state index contributed by atoms with van der Waals surface area (Å²) in [6.07, 6.45) is 0. The van der Waals surface area contributed by atoms with E-state index in [-0.39, 0.29) is 0 Å². The molecule has 0 aliphatic heterocycles. The number of nitriles is 3. The van der Waals surface area contributed by atoms with Gasteiger partial charge in [-0.15, -0.1) is 0 Å². The lowest BCUT2D eigenvalue weighted by Crippen LogP contribution is -1.97. The molecule has 0 spiro atoms. The van der Waals surface area contributed by atoms with Gasteiger partial charge in [0.25, 0.3) is 0 Å². The number of furan rings is 3. The Hall–Kier alpha value is -19.3. The summed E-state index contributed by atoms with van der Waals surface area (Å²) in [5.41, 5.74) is 34.5. The Labute approximate surface area is 791 Å². The minimum absolute atomic E-state index is 0.604. The van der Waals surface area contributed by atoms with Crippen molar-refractivity contribution in [1.29, 1.82) is 15.8 Å². The molecule has 0 bridgehead atoms. The fourth-order valence-corrected chi connectivity index (χ4v) is 20.0. The van der Waals surface area contributed by atoms with E-state index in [0.29, 0.717) is 16.7 Å². The Kier molecular flexibility index (Phi) is 19.8. The van der Waals surface area contributed by atoms with Crippen LogP contribution in [0.3, 0.4) is 0 Å². The third kappa shape index (κ3) is 14.4. The predicted octanol–water partition coefficient (Wildman–Crippen LogP) is 32.9. The first-order valence-corrected chi connectivity index (χ1v) is 45.8. The summed E-state index contributed by atoms with van der Waals surface area (Å²) in [5, 5.41) is 42.4. The lowest BCUT2D eigenvalue weighted by molar-refractivity contribution is 0.668. The molecular formula is C126H75N9O3. The largest absolute Gasteiger partial charge is 0.456 e. The van der Waals surface area contributed by atoms with Gasteiger partial charge in [0.15, 0.2) is 0 Å². The van der Waals surface area contributed by atoms with Crippen molar-refractivity contribution >= 4 is 131 Å². The molecule has 0 fully saturated rings. The highest BCUT2D eigenvalue weighted by molar-refractivity contribution is 6.14. The zero-order valence-corrected chi connectivity index (χ0v) is 74.1. The van der Waals surface area contributed by atoms with Gasteiger partial charge in [0, 0.05) is 115 Å². The van der Waals surface area contributed by atoms with Crippen molar-refractivity contribution in [2.45, 2.75) is 0 Å². The van der Waals surface area contributed by atoms with Gasteiger partial charge >= 0.3 is 0 Å². The Morgan fingerprint density at radius 3 is 0.819 bits per heavy atom. The van der Waals surface area contributed by atoms with Crippen LogP contribution in [0.25, 0.3) is 249 Å². The van der Waals surface area contributed by atoms with Gasteiger partial charge in [-0.25, -0.2) is 15.0 Å². The summed E-state index contributed by atoms with van der Waals surface area (Å²) < 4.78 is 25.5. The molecule has 9 aromatic heterocycles. The Balaban J connectivity index is 0.000000110. The SMILES string of the molecule is N#Cc1ccc(-c2cccc(-c3cc(-c4ccc5oc6ccccc6c5c4)cc(-n4c5ccccc5c5ccccc54)c3)n2)cc1.N#Cc1cccc(-c2cccc(-c3cc(-c4ccc5oc6ccccc6c5c4)cc(-n4c5ccccc5c5ccccc54)c3)n2)c1.N#Cc1ccccc1-c1cccc(-c2cc(-c3ccc4oc5ccccc5c4c3)cc(-n3c4ccccc4c4ccccc43)c2)n1. The first kappa shape index (κ1) is 80.7. The number of hydrogen-bond acceptors (Lipinski definition) is 9. The second-order valence-electron chi connectivity index (χ2n) is 34.6. The molecule has 0 aliphatic rings. The normalized spacial score (nSPS) is 11.5. The third-order valence-corrected chi connectivity index (χ3v) is 26.5. The molecule has 0 radical (unpaired) electrons. The molecule has 18 aromatic carbocycles. The highest BCUT2D eigenvalue weighted by Gasteiger charge is 2.23. The summed E-state index contributed by atoms with van der Waals surface area (Å²) in [6, 6.07) is 163. The number of rotatable bonds is 12. The number of aromatic nitrogens is 6. The van der Waals surface area contributed by atoms with E-state index in [2.05, 4.69) is 329 Å². The number of nitrogens with zero attached hydrogens (tertiary/aromatic N) is 9. The molecule has 27 rings (SSSR count). The lowest BCUT2D eigenvalue weighted by atomic mass is 9.98. The van der Waals surface area contributed by atoms with Crippen LogP contribution in [0.5, 0.6) is 0 Å². The second-order valence-corrected chi connectivity index (χ2v) is 34.6. The Bertz CT molecular complexity index is 9600. The van der Waals surface area contributed by atoms with Crippen molar-refractivity contribution in [3.63, 3.8) is 0 Å². The number of hydrogen-bond donors (Lipinski definition) is 0. The van der Waals surface area contributed by atoms with Crippen LogP contribution in [0.2, 0.25) is 0 Å². The maximum Gasteiger partial charge on any atom is 0.135 e. The minimum Gasteiger partial charge on any atom is -0.456 e. The van der Waals surface area contributed by atoms with Gasteiger partial charge in [0.2, 0.25) is 0 Å². The van der Waals surface area contributed by atoms with E-state index < -0.39 is 0 Å². The van der Waals surface area contributed by atoms with Gasteiger partial charge in [-0.1, -0.05) is 243 Å². The lowest BCUT2D eigenvalue weighted by Gasteiger charge is -2.14.